The molecule has 0 radical (unpaired) electrons. The van der Waals surface area contributed by atoms with Crippen LogP contribution in [0.15, 0.2) is 4.99 Å². The molecule has 4 nitrogen and oxygen atoms in total. The molecule has 1 rings (SSSR count). The Morgan fingerprint density at radius 1 is 1.31 bits per heavy atom. The number of rotatable bonds is 3. The van der Waals surface area contributed by atoms with Crippen LogP contribution in [-0.4, -0.2) is 36.0 Å². The van der Waals surface area contributed by atoms with E-state index >= 15 is 0 Å². The molecule has 0 saturated carbocycles. The van der Waals surface area contributed by atoms with Gasteiger partial charge in [-0.3, -0.25) is 0 Å². The van der Waals surface area contributed by atoms with Gasteiger partial charge in [-0.15, -0.1) is 0 Å². The fourth-order valence-electron chi connectivity index (χ4n) is 1.87. The van der Waals surface area contributed by atoms with Crippen LogP contribution in [0.1, 0.15) is 26.7 Å². The van der Waals surface area contributed by atoms with Crippen molar-refractivity contribution in [1.82, 2.24) is 4.90 Å². The second-order valence-corrected chi connectivity index (χ2v) is 4.33. The zero-order valence-electron chi connectivity index (χ0n) is 8.58. The summed E-state index contributed by atoms with van der Waals surface area (Å²) >= 11 is 0. The van der Waals surface area contributed by atoms with Crippen molar-refractivity contribution >= 4 is 5.96 Å². The lowest BCUT2D eigenvalue weighted by atomic mass is 10.1. The first-order valence-electron chi connectivity index (χ1n) is 4.83. The molecule has 0 atom stereocenters. The van der Waals surface area contributed by atoms with E-state index in [0.717, 1.165) is 6.54 Å². The number of aliphatic imine (C=N–C) groups is 1. The summed E-state index contributed by atoms with van der Waals surface area (Å²) in [6.07, 6.45) is 2.61. The van der Waals surface area contributed by atoms with E-state index in [1.165, 1.54) is 25.9 Å². The van der Waals surface area contributed by atoms with E-state index in [0.29, 0.717) is 0 Å². The molecule has 1 heterocycles. The molecular formula is C9H20N4. The van der Waals surface area contributed by atoms with E-state index < -0.39 is 0 Å². The van der Waals surface area contributed by atoms with Crippen molar-refractivity contribution < 1.29 is 0 Å². The van der Waals surface area contributed by atoms with Gasteiger partial charge in [-0.2, -0.15) is 0 Å². The van der Waals surface area contributed by atoms with Crippen LogP contribution in [-0.2, 0) is 0 Å². The minimum atomic E-state index is -0.150. The number of nitrogens with two attached hydrogens (primary N) is 2. The third kappa shape index (κ3) is 3.63. The summed E-state index contributed by atoms with van der Waals surface area (Å²) in [7, 11) is 0. The molecule has 1 fully saturated rings. The molecule has 0 amide bonds. The smallest absolute Gasteiger partial charge is 0.186 e. The molecule has 0 unspecified atom stereocenters. The van der Waals surface area contributed by atoms with Gasteiger partial charge in [0.25, 0.3) is 0 Å². The third-order valence-electron chi connectivity index (χ3n) is 2.24. The van der Waals surface area contributed by atoms with E-state index in [2.05, 4.69) is 23.7 Å². The van der Waals surface area contributed by atoms with Gasteiger partial charge in [0.1, 0.15) is 0 Å². The SMILES string of the molecule is CC(C)(CN1CCCC1)N=C(N)N. The molecule has 1 aliphatic heterocycles. The van der Waals surface area contributed by atoms with Crippen LogP contribution >= 0.6 is 0 Å². The van der Waals surface area contributed by atoms with Crippen LogP contribution < -0.4 is 11.5 Å². The van der Waals surface area contributed by atoms with Gasteiger partial charge in [-0.25, -0.2) is 4.99 Å². The molecule has 0 aromatic carbocycles. The Balaban J connectivity index is 2.45. The lowest BCUT2D eigenvalue weighted by molar-refractivity contribution is 0.273. The topological polar surface area (TPSA) is 67.6 Å². The van der Waals surface area contributed by atoms with Crippen LogP contribution in [0.2, 0.25) is 0 Å². The molecule has 76 valence electrons. The Labute approximate surface area is 80.0 Å². The van der Waals surface area contributed by atoms with Crippen LogP contribution in [0.4, 0.5) is 0 Å². The van der Waals surface area contributed by atoms with Crippen molar-refractivity contribution in [1.29, 1.82) is 0 Å². The summed E-state index contributed by atoms with van der Waals surface area (Å²) in [5.74, 6) is 0.184. The third-order valence-corrected chi connectivity index (χ3v) is 2.24. The quantitative estimate of drug-likeness (QED) is 0.484. The summed E-state index contributed by atoms with van der Waals surface area (Å²) < 4.78 is 0. The van der Waals surface area contributed by atoms with Gasteiger partial charge in [0.15, 0.2) is 5.96 Å². The Kier molecular flexibility index (Phi) is 3.14. The molecule has 0 aliphatic carbocycles. The lowest BCUT2D eigenvalue weighted by Crippen LogP contribution is -2.39. The number of likely N-dealkylation sites (tertiary alicyclic amines) is 1. The standard InChI is InChI=1S/C9H20N4/c1-9(2,12-8(10)11)7-13-5-3-4-6-13/h3-7H2,1-2H3,(H4,10,11,12). The monoisotopic (exact) mass is 184 g/mol. The second kappa shape index (κ2) is 3.96. The highest BCUT2D eigenvalue weighted by Crippen LogP contribution is 2.15. The lowest BCUT2D eigenvalue weighted by Gasteiger charge is -2.26. The number of nitrogens with zero attached hydrogens (tertiary/aromatic N) is 2. The van der Waals surface area contributed by atoms with Crippen molar-refractivity contribution in [3.63, 3.8) is 0 Å². The van der Waals surface area contributed by atoms with Crippen molar-refractivity contribution in [2.24, 2.45) is 16.5 Å². The minimum Gasteiger partial charge on any atom is -0.370 e. The predicted octanol–water partition coefficient (Wildman–Crippen LogP) is 0.134. The Morgan fingerprint density at radius 2 is 1.85 bits per heavy atom. The average molecular weight is 184 g/mol. The maximum absolute atomic E-state index is 5.36. The van der Waals surface area contributed by atoms with Crippen molar-refractivity contribution in [2.45, 2.75) is 32.2 Å². The van der Waals surface area contributed by atoms with E-state index in [-0.39, 0.29) is 11.5 Å². The molecule has 4 N–H and O–H groups in total. The average Bonchev–Trinajstić information content (AvgIpc) is 2.34. The van der Waals surface area contributed by atoms with Crippen LogP contribution in [0, 0.1) is 0 Å². The second-order valence-electron chi connectivity index (χ2n) is 4.33. The van der Waals surface area contributed by atoms with Crippen molar-refractivity contribution in [2.75, 3.05) is 19.6 Å². The highest BCUT2D eigenvalue weighted by molar-refractivity contribution is 5.76. The first kappa shape index (κ1) is 10.3. The molecule has 0 spiro atoms. The summed E-state index contributed by atoms with van der Waals surface area (Å²) in [5.41, 5.74) is 10.6. The molecule has 4 heteroatoms. The maximum atomic E-state index is 5.36. The summed E-state index contributed by atoms with van der Waals surface area (Å²) in [4.78, 5) is 6.61. The highest BCUT2D eigenvalue weighted by Gasteiger charge is 2.22. The number of hydrogen-bond acceptors (Lipinski definition) is 2. The van der Waals surface area contributed by atoms with Gasteiger partial charge >= 0.3 is 0 Å². The minimum absolute atomic E-state index is 0.150. The zero-order valence-corrected chi connectivity index (χ0v) is 8.58. The normalized spacial score (nSPS) is 18.9. The van der Waals surface area contributed by atoms with Crippen molar-refractivity contribution in [3.05, 3.63) is 0 Å². The van der Waals surface area contributed by atoms with Crippen LogP contribution in [0.3, 0.4) is 0 Å². The molecule has 13 heavy (non-hydrogen) atoms. The summed E-state index contributed by atoms with van der Waals surface area (Å²) in [6, 6.07) is 0. The molecular weight excluding hydrogens is 164 g/mol. The maximum Gasteiger partial charge on any atom is 0.186 e. The van der Waals surface area contributed by atoms with E-state index in [1.54, 1.807) is 0 Å². The molecule has 0 aromatic heterocycles. The van der Waals surface area contributed by atoms with Crippen molar-refractivity contribution in [3.8, 4) is 0 Å². The van der Waals surface area contributed by atoms with Gasteiger partial charge in [-0.05, 0) is 39.8 Å². The van der Waals surface area contributed by atoms with Gasteiger partial charge in [0.05, 0.1) is 5.54 Å². The van der Waals surface area contributed by atoms with Gasteiger partial charge < -0.3 is 16.4 Å². The van der Waals surface area contributed by atoms with E-state index in [4.69, 9.17) is 11.5 Å². The van der Waals surface area contributed by atoms with Gasteiger partial charge in [-0.1, -0.05) is 0 Å². The van der Waals surface area contributed by atoms with Crippen LogP contribution in [0.5, 0.6) is 0 Å². The highest BCUT2D eigenvalue weighted by atomic mass is 15.2. The first-order chi connectivity index (χ1) is 5.99. The molecule has 0 bridgehead atoms. The fraction of sp³-hybridized carbons (Fsp3) is 0.889. The number of hydrogen-bond donors (Lipinski definition) is 2. The van der Waals surface area contributed by atoms with E-state index in [9.17, 15) is 0 Å². The largest absolute Gasteiger partial charge is 0.370 e. The van der Waals surface area contributed by atoms with E-state index in [1.807, 2.05) is 0 Å². The van der Waals surface area contributed by atoms with Gasteiger partial charge in [0.2, 0.25) is 0 Å². The summed E-state index contributed by atoms with van der Waals surface area (Å²) in [6.45, 7) is 7.44. The molecule has 1 aliphatic rings. The zero-order chi connectivity index (χ0) is 9.90. The molecule has 1 saturated heterocycles. The Hall–Kier alpha value is -0.770. The Bertz CT molecular complexity index is 188. The first-order valence-corrected chi connectivity index (χ1v) is 4.83. The Morgan fingerprint density at radius 3 is 2.31 bits per heavy atom. The molecule has 0 aromatic rings. The number of guanidine groups is 1. The summed E-state index contributed by atoms with van der Waals surface area (Å²) in [5, 5.41) is 0. The predicted molar refractivity (Wildman–Crippen MR) is 55.6 cm³/mol. The fourth-order valence-corrected chi connectivity index (χ4v) is 1.87. The van der Waals surface area contributed by atoms with Gasteiger partial charge in [0, 0.05) is 6.54 Å². The van der Waals surface area contributed by atoms with Crippen LogP contribution in [0.25, 0.3) is 0 Å².